The number of carbonyl (C=O) groups is 1. The largest absolute Gasteiger partial charge is 0.398 e. The van der Waals surface area contributed by atoms with Gasteiger partial charge in [-0.15, -0.1) is 10.2 Å². The zero-order valence-corrected chi connectivity index (χ0v) is 16.1. The number of amides is 1. The average molecular weight is 379 g/mol. The highest BCUT2D eigenvalue weighted by Crippen LogP contribution is 2.33. The molecule has 0 spiro atoms. The SMILES string of the molecule is C[C@@H]1Cc2ccccc2N1C(=O)CSc1nnc(-c2ccccc2N)n1C. The predicted octanol–water partition coefficient (Wildman–Crippen LogP) is 3.13. The molecule has 0 fully saturated rings. The zero-order valence-electron chi connectivity index (χ0n) is 15.3. The van der Waals surface area contributed by atoms with Crippen LogP contribution in [0.15, 0.2) is 53.7 Å². The van der Waals surface area contributed by atoms with Crippen LogP contribution in [-0.4, -0.2) is 32.5 Å². The van der Waals surface area contributed by atoms with E-state index in [1.165, 1.54) is 17.3 Å². The van der Waals surface area contributed by atoms with Crippen LogP contribution in [-0.2, 0) is 18.3 Å². The molecule has 2 aromatic carbocycles. The van der Waals surface area contributed by atoms with Crippen molar-refractivity contribution in [3.05, 3.63) is 54.1 Å². The van der Waals surface area contributed by atoms with E-state index in [2.05, 4.69) is 23.2 Å². The lowest BCUT2D eigenvalue weighted by molar-refractivity contribution is -0.116. The van der Waals surface area contributed by atoms with Crippen LogP contribution in [0.4, 0.5) is 11.4 Å². The fraction of sp³-hybridized carbons (Fsp3) is 0.250. The molecule has 0 aliphatic carbocycles. The Morgan fingerprint density at radius 3 is 2.74 bits per heavy atom. The van der Waals surface area contributed by atoms with Crippen molar-refractivity contribution >= 4 is 29.0 Å². The highest BCUT2D eigenvalue weighted by Gasteiger charge is 2.30. The van der Waals surface area contributed by atoms with Crippen LogP contribution < -0.4 is 10.6 Å². The van der Waals surface area contributed by atoms with Gasteiger partial charge in [-0.2, -0.15) is 0 Å². The molecular formula is C20H21N5OS. The molecule has 1 aliphatic heterocycles. The van der Waals surface area contributed by atoms with E-state index < -0.39 is 0 Å². The fourth-order valence-corrected chi connectivity index (χ4v) is 4.29. The number of nitrogen functional groups attached to an aromatic ring is 1. The molecule has 0 saturated heterocycles. The average Bonchev–Trinajstić information content (AvgIpc) is 3.19. The number of fused-ring (bicyclic) bond motifs is 1. The van der Waals surface area contributed by atoms with Crippen LogP contribution in [0.2, 0.25) is 0 Å². The lowest BCUT2D eigenvalue weighted by Gasteiger charge is -2.22. The zero-order chi connectivity index (χ0) is 19.0. The first-order valence-corrected chi connectivity index (χ1v) is 9.82. The molecule has 1 atom stereocenters. The Labute approximate surface area is 162 Å². The number of hydrogen-bond acceptors (Lipinski definition) is 5. The molecule has 7 heteroatoms. The monoisotopic (exact) mass is 379 g/mol. The van der Waals surface area contributed by atoms with E-state index in [1.807, 2.05) is 59.0 Å². The summed E-state index contributed by atoms with van der Waals surface area (Å²) in [6.45, 7) is 2.08. The minimum absolute atomic E-state index is 0.0845. The van der Waals surface area contributed by atoms with Gasteiger partial charge in [-0.1, -0.05) is 42.1 Å². The second-order valence-corrected chi connectivity index (χ2v) is 7.63. The fourth-order valence-electron chi connectivity index (χ4n) is 3.52. The van der Waals surface area contributed by atoms with Gasteiger partial charge in [0, 0.05) is 30.0 Å². The maximum atomic E-state index is 12.9. The molecule has 0 bridgehead atoms. The van der Waals surface area contributed by atoms with Gasteiger partial charge in [0.1, 0.15) is 0 Å². The van der Waals surface area contributed by atoms with Crippen LogP contribution in [0.3, 0.4) is 0 Å². The van der Waals surface area contributed by atoms with Gasteiger partial charge in [0.05, 0.1) is 5.75 Å². The van der Waals surface area contributed by atoms with Crippen LogP contribution in [0.5, 0.6) is 0 Å². The van der Waals surface area contributed by atoms with Crippen molar-refractivity contribution in [2.24, 2.45) is 7.05 Å². The third-order valence-electron chi connectivity index (χ3n) is 4.84. The Balaban J connectivity index is 1.50. The number of nitrogens with zero attached hydrogens (tertiary/aromatic N) is 4. The van der Waals surface area contributed by atoms with E-state index >= 15 is 0 Å². The maximum Gasteiger partial charge on any atom is 0.237 e. The van der Waals surface area contributed by atoms with Crippen molar-refractivity contribution in [3.63, 3.8) is 0 Å². The van der Waals surface area contributed by atoms with Gasteiger partial charge in [-0.3, -0.25) is 4.79 Å². The normalized spacial score (nSPS) is 15.8. The first kappa shape index (κ1) is 17.6. The lowest BCUT2D eigenvalue weighted by Crippen LogP contribution is -2.37. The van der Waals surface area contributed by atoms with Crippen LogP contribution in [0.1, 0.15) is 12.5 Å². The topological polar surface area (TPSA) is 77.0 Å². The molecule has 2 heterocycles. The molecule has 0 unspecified atom stereocenters. The number of anilines is 2. The molecule has 6 nitrogen and oxygen atoms in total. The van der Waals surface area contributed by atoms with Gasteiger partial charge in [-0.05, 0) is 37.1 Å². The molecule has 1 aliphatic rings. The van der Waals surface area contributed by atoms with Crippen LogP contribution >= 0.6 is 11.8 Å². The van der Waals surface area contributed by atoms with E-state index in [0.29, 0.717) is 22.4 Å². The Bertz CT molecular complexity index is 1000. The summed E-state index contributed by atoms with van der Waals surface area (Å²) >= 11 is 1.40. The number of benzene rings is 2. The first-order valence-electron chi connectivity index (χ1n) is 8.83. The summed E-state index contributed by atoms with van der Waals surface area (Å²) in [6.07, 6.45) is 0.897. The van der Waals surface area contributed by atoms with Gasteiger partial charge in [-0.25, -0.2) is 0 Å². The number of aromatic nitrogens is 3. The van der Waals surface area contributed by atoms with Crippen molar-refractivity contribution in [1.29, 1.82) is 0 Å². The smallest absolute Gasteiger partial charge is 0.237 e. The summed E-state index contributed by atoms with van der Waals surface area (Å²) in [7, 11) is 1.89. The minimum Gasteiger partial charge on any atom is -0.398 e. The van der Waals surface area contributed by atoms with E-state index in [4.69, 9.17) is 5.73 Å². The highest BCUT2D eigenvalue weighted by molar-refractivity contribution is 7.99. The standard InChI is InChI=1S/C20H21N5OS/c1-13-11-14-7-3-6-10-17(14)25(13)18(26)12-27-20-23-22-19(24(20)2)15-8-4-5-9-16(15)21/h3-10,13H,11-12,21H2,1-2H3/t13-/m1/s1. The van der Waals surface area contributed by atoms with E-state index in [9.17, 15) is 4.79 Å². The number of rotatable bonds is 4. The van der Waals surface area contributed by atoms with Crippen LogP contribution in [0, 0.1) is 0 Å². The summed E-state index contributed by atoms with van der Waals surface area (Å²) in [5, 5.41) is 9.20. The molecule has 4 rings (SSSR count). The molecule has 138 valence electrons. The minimum atomic E-state index is 0.0845. The number of carbonyl (C=O) groups excluding carboxylic acids is 1. The molecule has 27 heavy (non-hydrogen) atoms. The quantitative estimate of drug-likeness (QED) is 0.557. The predicted molar refractivity (Wildman–Crippen MR) is 109 cm³/mol. The summed E-state index contributed by atoms with van der Waals surface area (Å²) in [4.78, 5) is 14.8. The Hall–Kier alpha value is -2.80. The van der Waals surface area contributed by atoms with Crippen molar-refractivity contribution in [2.45, 2.75) is 24.5 Å². The first-order chi connectivity index (χ1) is 13.1. The second-order valence-electron chi connectivity index (χ2n) is 6.69. The molecule has 3 aromatic rings. The van der Waals surface area contributed by atoms with Crippen molar-refractivity contribution in [1.82, 2.24) is 14.8 Å². The van der Waals surface area contributed by atoms with Gasteiger partial charge in [0.25, 0.3) is 0 Å². The van der Waals surface area contributed by atoms with E-state index in [0.717, 1.165) is 17.7 Å². The third kappa shape index (κ3) is 3.19. The van der Waals surface area contributed by atoms with Crippen molar-refractivity contribution in [3.8, 4) is 11.4 Å². The van der Waals surface area contributed by atoms with Crippen LogP contribution in [0.25, 0.3) is 11.4 Å². The number of hydrogen-bond donors (Lipinski definition) is 1. The summed E-state index contributed by atoms with van der Waals surface area (Å²) in [6, 6.07) is 15.8. The van der Waals surface area contributed by atoms with Gasteiger partial charge in [0.2, 0.25) is 5.91 Å². The maximum absolute atomic E-state index is 12.9. The number of para-hydroxylation sites is 2. The second kappa shape index (κ2) is 7.08. The summed E-state index contributed by atoms with van der Waals surface area (Å²) in [5.74, 6) is 1.10. The molecule has 0 radical (unpaired) electrons. The Morgan fingerprint density at radius 2 is 1.93 bits per heavy atom. The molecular weight excluding hydrogens is 358 g/mol. The van der Waals surface area contributed by atoms with Gasteiger partial charge >= 0.3 is 0 Å². The highest BCUT2D eigenvalue weighted by atomic mass is 32.2. The summed E-state index contributed by atoms with van der Waals surface area (Å²) in [5.41, 5.74) is 9.79. The molecule has 1 amide bonds. The Kier molecular flexibility index (Phi) is 4.61. The molecule has 2 N–H and O–H groups in total. The third-order valence-corrected chi connectivity index (χ3v) is 5.84. The lowest BCUT2D eigenvalue weighted by atomic mass is 10.1. The van der Waals surface area contributed by atoms with Gasteiger partial charge < -0.3 is 15.2 Å². The van der Waals surface area contributed by atoms with E-state index in [1.54, 1.807) is 0 Å². The van der Waals surface area contributed by atoms with Crippen molar-refractivity contribution < 1.29 is 4.79 Å². The molecule has 0 saturated carbocycles. The Morgan fingerprint density at radius 1 is 1.19 bits per heavy atom. The summed E-state index contributed by atoms with van der Waals surface area (Å²) < 4.78 is 1.88. The molecule has 1 aromatic heterocycles. The van der Waals surface area contributed by atoms with E-state index in [-0.39, 0.29) is 11.9 Å². The number of thioether (sulfide) groups is 1. The van der Waals surface area contributed by atoms with Crippen molar-refractivity contribution in [2.75, 3.05) is 16.4 Å². The van der Waals surface area contributed by atoms with Gasteiger partial charge in [0.15, 0.2) is 11.0 Å². The number of nitrogens with two attached hydrogens (primary N) is 1.